The van der Waals surface area contributed by atoms with E-state index in [-0.39, 0.29) is 5.91 Å². The summed E-state index contributed by atoms with van der Waals surface area (Å²) in [6, 6.07) is 1.80. The van der Waals surface area contributed by atoms with Gasteiger partial charge in [-0.3, -0.25) is 14.3 Å². The molecule has 2 aliphatic rings. The molecule has 1 aromatic heterocycles. The first kappa shape index (κ1) is 17.0. The molecule has 2 fully saturated rings. The third-order valence-electron chi connectivity index (χ3n) is 5.17. The Labute approximate surface area is 143 Å². The van der Waals surface area contributed by atoms with Gasteiger partial charge in [-0.05, 0) is 56.9 Å². The molecule has 1 N–H and O–H groups in total. The van der Waals surface area contributed by atoms with Crippen LogP contribution in [0.15, 0.2) is 6.07 Å². The van der Waals surface area contributed by atoms with Crippen molar-refractivity contribution in [1.29, 1.82) is 0 Å². The van der Waals surface area contributed by atoms with Gasteiger partial charge in [0.15, 0.2) is 0 Å². The zero-order valence-electron chi connectivity index (χ0n) is 14.8. The molecule has 2 heterocycles. The molecule has 6 nitrogen and oxygen atoms in total. The standard InChI is InChI=1S/C18H28N4O2/c1-13-11-16(21(2)20-13)18(24)19-9-7-14-5-6-17(23)22(10-8-14)12-15-3-4-15/h11,14-15H,3-10,12H2,1-2H3,(H,19,24). The molecule has 1 saturated carbocycles. The molecule has 0 spiro atoms. The lowest BCUT2D eigenvalue weighted by Crippen LogP contribution is -2.32. The second-order valence-corrected chi connectivity index (χ2v) is 7.32. The van der Waals surface area contributed by atoms with E-state index in [1.807, 2.05) is 6.92 Å². The van der Waals surface area contributed by atoms with Gasteiger partial charge in [0.05, 0.1) is 5.69 Å². The fourth-order valence-electron chi connectivity index (χ4n) is 3.49. The van der Waals surface area contributed by atoms with Crippen LogP contribution in [0.4, 0.5) is 0 Å². The minimum absolute atomic E-state index is 0.0711. The van der Waals surface area contributed by atoms with E-state index in [9.17, 15) is 9.59 Å². The Morgan fingerprint density at radius 1 is 1.29 bits per heavy atom. The van der Waals surface area contributed by atoms with Crippen LogP contribution < -0.4 is 5.32 Å². The molecule has 1 atom stereocenters. The quantitative estimate of drug-likeness (QED) is 0.865. The average molecular weight is 332 g/mol. The molecular formula is C18H28N4O2. The smallest absolute Gasteiger partial charge is 0.269 e. The second kappa shape index (κ2) is 7.36. The first-order valence-electron chi connectivity index (χ1n) is 9.09. The van der Waals surface area contributed by atoms with Crippen LogP contribution in [0.25, 0.3) is 0 Å². The fourth-order valence-corrected chi connectivity index (χ4v) is 3.49. The predicted octanol–water partition coefficient (Wildman–Crippen LogP) is 1.89. The van der Waals surface area contributed by atoms with Crippen molar-refractivity contribution in [3.8, 4) is 0 Å². The molecule has 2 amide bonds. The van der Waals surface area contributed by atoms with Gasteiger partial charge in [0, 0.05) is 33.1 Å². The van der Waals surface area contributed by atoms with Crippen LogP contribution in [0, 0.1) is 18.8 Å². The van der Waals surface area contributed by atoms with E-state index in [1.165, 1.54) is 12.8 Å². The van der Waals surface area contributed by atoms with Crippen molar-refractivity contribution in [1.82, 2.24) is 20.0 Å². The number of aryl methyl sites for hydroxylation is 2. The Kier molecular flexibility index (Phi) is 5.21. The van der Waals surface area contributed by atoms with Gasteiger partial charge in [-0.15, -0.1) is 0 Å². The van der Waals surface area contributed by atoms with Gasteiger partial charge < -0.3 is 10.2 Å². The van der Waals surface area contributed by atoms with E-state index in [0.29, 0.717) is 30.5 Å². The summed E-state index contributed by atoms with van der Waals surface area (Å²) in [6.07, 6.45) is 6.17. The number of amides is 2. The molecule has 1 aliphatic carbocycles. The highest BCUT2D eigenvalue weighted by Crippen LogP contribution is 2.31. The SMILES string of the molecule is Cc1cc(C(=O)NCCC2CCC(=O)N(CC3CC3)CC2)n(C)n1. The summed E-state index contributed by atoms with van der Waals surface area (Å²) in [5.74, 6) is 1.52. The molecule has 6 heteroatoms. The maximum absolute atomic E-state index is 12.2. The normalized spacial score (nSPS) is 21.7. The number of hydrogen-bond acceptors (Lipinski definition) is 3. The van der Waals surface area contributed by atoms with Gasteiger partial charge in [0.25, 0.3) is 5.91 Å². The number of rotatable bonds is 6. The maximum Gasteiger partial charge on any atom is 0.269 e. The second-order valence-electron chi connectivity index (χ2n) is 7.32. The van der Waals surface area contributed by atoms with Gasteiger partial charge in [-0.25, -0.2) is 0 Å². The van der Waals surface area contributed by atoms with E-state index >= 15 is 0 Å². The highest BCUT2D eigenvalue weighted by molar-refractivity contribution is 5.92. The van der Waals surface area contributed by atoms with Crippen molar-refractivity contribution in [2.45, 2.75) is 45.4 Å². The predicted molar refractivity (Wildman–Crippen MR) is 91.5 cm³/mol. The summed E-state index contributed by atoms with van der Waals surface area (Å²) in [5.41, 5.74) is 1.44. The van der Waals surface area contributed by atoms with E-state index in [0.717, 1.165) is 44.0 Å². The first-order valence-corrected chi connectivity index (χ1v) is 9.09. The molecule has 1 unspecified atom stereocenters. The Bertz CT molecular complexity index is 606. The fraction of sp³-hybridized carbons (Fsp3) is 0.722. The third kappa shape index (κ3) is 4.36. The largest absolute Gasteiger partial charge is 0.351 e. The molecule has 1 aliphatic heterocycles. The van der Waals surface area contributed by atoms with Crippen LogP contribution in [0.2, 0.25) is 0 Å². The Balaban J connectivity index is 1.42. The van der Waals surface area contributed by atoms with Crippen LogP contribution in [0.5, 0.6) is 0 Å². The Morgan fingerprint density at radius 3 is 2.75 bits per heavy atom. The van der Waals surface area contributed by atoms with E-state index in [2.05, 4.69) is 15.3 Å². The first-order chi connectivity index (χ1) is 11.5. The zero-order chi connectivity index (χ0) is 17.1. The Hall–Kier alpha value is -1.85. The summed E-state index contributed by atoms with van der Waals surface area (Å²) >= 11 is 0. The number of carbonyl (C=O) groups is 2. The number of likely N-dealkylation sites (tertiary alicyclic amines) is 1. The zero-order valence-corrected chi connectivity index (χ0v) is 14.8. The van der Waals surface area contributed by atoms with Crippen LogP contribution in [-0.4, -0.2) is 46.1 Å². The van der Waals surface area contributed by atoms with Crippen LogP contribution in [-0.2, 0) is 11.8 Å². The number of hydrogen-bond donors (Lipinski definition) is 1. The molecule has 1 saturated heterocycles. The molecule has 1 aromatic rings. The van der Waals surface area contributed by atoms with E-state index in [4.69, 9.17) is 0 Å². The van der Waals surface area contributed by atoms with Crippen molar-refractivity contribution >= 4 is 11.8 Å². The lowest BCUT2D eigenvalue weighted by atomic mass is 9.97. The molecule has 0 radical (unpaired) electrons. The topological polar surface area (TPSA) is 67.2 Å². The van der Waals surface area contributed by atoms with E-state index < -0.39 is 0 Å². The van der Waals surface area contributed by atoms with Crippen molar-refractivity contribution in [2.75, 3.05) is 19.6 Å². The van der Waals surface area contributed by atoms with Gasteiger partial charge in [-0.1, -0.05) is 0 Å². The number of aromatic nitrogens is 2. The highest BCUT2D eigenvalue weighted by atomic mass is 16.2. The summed E-state index contributed by atoms with van der Waals surface area (Å²) in [6.45, 7) is 4.38. The van der Waals surface area contributed by atoms with Crippen LogP contribution in [0.1, 0.15) is 54.7 Å². The molecular weight excluding hydrogens is 304 g/mol. The van der Waals surface area contributed by atoms with Crippen molar-refractivity contribution in [2.24, 2.45) is 18.9 Å². The van der Waals surface area contributed by atoms with Crippen LogP contribution in [0.3, 0.4) is 0 Å². The lowest BCUT2D eigenvalue weighted by Gasteiger charge is -2.20. The molecule has 0 bridgehead atoms. The molecule has 3 rings (SSSR count). The summed E-state index contributed by atoms with van der Waals surface area (Å²) in [7, 11) is 1.78. The number of carbonyl (C=O) groups excluding carboxylic acids is 2. The van der Waals surface area contributed by atoms with Crippen LogP contribution >= 0.6 is 0 Å². The number of nitrogens with one attached hydrogen (secondary N) is 1. The molecule has 0 aromatic carbocycles. The van der Waals surface area contributed by atoms with Crippen molar-refractivity contribution in [3.63, 3.8) is 0 Å². The monoisotopic (exact) mass is 332 g/mol. The highest BCUT2D eigenvalue weighted by Gasteiger charge is 2.29. The van der Waals surface area contributed by atoms with Gasteiger partial charge in [0.1, 0.15) is 5.69 Å². The van der Waals surface area contributed by atoms with Crippen molar-refractivity contribution in [3.05, 3.63) is 17.5 Å². The molecule has 132 valence electrons. The minimum atomic E-state index is -0.0711. The third-order valence-corrected chi connectivity index (χ3v) is 5.17. The Morgan fingerprint density at radius 2 is 2.08 bits per heavy atom. The minimum Gasteiger partial charge on any atom is -0.351 e. The van der Waals surface area contributed by atoms with Gasteiger partial charge in [0.2, 0.25) is 5.91 Å². The van der Waals surface area contributed by atoms with Gasteiger partial charge in [-0.2, -0.15) is 5.10 Å². The van der Waals surface area contributed by atoms with E-state index in [1.54, 1.807) is 17.8 Å². The lowest BCUT2D eigenvalue weighted by molar-refractivity contribution is -0.130. The summed E-state index contributed by atoms with van der Waals surface area (Å²) in [4.78, 5) is 26.4. The number of nitrogens with zero attached hydrogens (tertiary/aromatic N) is 3. The molecule has 24 heavy (non-hydrogen) atoms. The van der Waals surface area contributed by atoms with Crippen molar-refractivity contribution < 1.29 is 9.59 Å². The average Bonchev–Trinajstić information content (AvgIpc) is 3.31. The maximum atomic E-state index is 12.2. The summed E-state index contributed by atoms with van der Waals surface area (Å²) < 4.78 is 1.62. The summed E-state index contributed by atoms with van der Waals surface area (Å²) in [5, 5.41) is 7.19. The van der Waals surface area contributed by atoms with Gasteiger partial charge >= 0.3 is 0 Å².